The maximum atomic E-state index is 13.2. The van der Waals surface area contributed by atoms with E-state index in [1.54, 1.807) is 18.2 Å². The molecule has 1 heterocycles. The number of hydrogen-bond acceptors (Lipinski definition) is 7. The number of amides is 1. The van der Waals surface area contributed by atoms with Crippen LogP contribution in [0.5, 0.6) is 0 Å². The molecule has 11 heteroatoms. The SMILES string of the molecule is CN(C)CCNS(=O)(=O)c1cccc(-c2csc(CNC(=O)C3(CC(=O)O)Cc4ccccc4C3)n2)c1. The lowest BCUT2D eigenvalue weighted by molar-refractivity contribution is -0.145. The summed E-state index contributed by atoms with van der Waals surface area (Å²) in [6.07, 6.45) is 0.517. The van der Waals surface area contributed by atoms with Crippen molar-refractivity contribution in [3.8, 4) is 11.3 Å². The Labute approximate surface area is 220 Å². The fraction of sp³-hybridized carbons (Fsp3) is 0.346. The number of carboxylic acid groups (broad SMARTS) is 1. The molecule has 0 spiro atoms. The number of aliphatic carboxylic acids is 1. The predicted octanol–water partition coefficient (Wildman–Crippen LogP) is 2.53. The van der Waals surface area contributed by atoms with Crippen LogP contribution in [0.1, 0.15) is 22.6 Å². The highest BCUT2D eigenvalue weighted by Crippen LogP contribution is 2.40. The van der Waals surface area contributed by atoms with Crippen LogP contribution in [0.25, 0.3) is 11.3 Å². The Balaban J connectivity index is 1.44. The van der Waals surface area contributed by atoms with Crippen LogP contribution in [0.4, 0.5) is 0 Å². The van der Waals surface area contributed by atoms with Gasteiger partial charge in [0.25, 0.3) is 0 Å². The summed E-state index contributed by atoms with van der Waals surface area (Å²) >= 11 is 1.35. The van der Waals surface area contributed by atoms with Crippen LogP contribution in [0.2, 0.25) is 0 Å². The molecule has 0 unspecified atom stereocenters. The first-order valence-electron chi connectivity index (χ1n) is 11.8. The topological polar surface area (TPSA) is 129 Å². The largest absolute Gasteiger partial charge is 0.481 e. The number of fused-ring (bicyclic) bond motifs is 1. The molecule has 1 aliphatic carbocycles. The highest BCUT2D eigenvalue weighted by molar-refractivity contribution is 7.89. The number of sulfonamides is 1. The molecule has 9 nitrogen and oxygen atoms in total. The second-order valence-electron chi connectivity index (χ2n) is 9.51. The first kappa shape index (κ1) is 26.9. The first-order valence-corrected chi connectivity index (χ1v) is 14.2. The molecule has 0 bridgehead atoms. The van der Waals surface area contributed by atoms with Gasteiger partial charge in [-0.15, -0.1) is 11.3 Å². The lowest BCUT2D eigenvalue weighted by atomic mass is 9.80. The zero-order chi connectivity index (χ0) is 26.6. The molecular weight excluding hydrogens is 512 g/mol. The lowest BCUT2D eigenvalue weighted by Crippen LogP contribution is -2.43. The van der Waals surface area contributed by atoms with Crippen LogP contribution in [0, 0.1) is 5.41 Å². The maximum Gasteiger partial charge on any atom is 0.304 e. The van der Waals surface area contributed by atoms with E-state index in [2.05, 4.69) is 15.0 Å². The second kappa shape index (κ2) is 11.1. The average Bonchev–Trinajstić information content (AvgIpc) is 3.47. The normalized spacial score (nSPS) is 14.5. The average molecular weight is 543 g/mol. The van der Waals surface area contributed by atoms with Crippen molar-refractivity contribution in [1.29, 1.82) is 0 Å². The Morgan fingerprint density at radius 3 is 2.46 bits per heavy atom. The van der Waals surface area contributed by atoms with Gasteiger partial charge in [0, 0.05) is 24.0 Å². The number of hydrogen-bond donors (Lipinski definition) is 3. The first-order chi connectivity index (χ1) is 17.6. The highest BCUT2D eigenvalue weighted by atomic mass is 32.2. The smallest absolute Gasteiger partial charge is 0.304 e. The third-order valence-electron chi connectivity index (χ3n) is 6.39. The van der Waals surface area contributed by atoms with Crippen LogP contribution in [-0.4, -0.2) is 62.5 Å². The summed E-state index contributed by atoms with van der Waals surface area (Å²) < 4.78 is 27.9. The van der Waals surface area contributed by atoms with Crippen molar-refractivity contribution in [2.75, 3.05) is 27.2 Å². The van der Waals surface area contributed by atoms with Gasteiger partial charge >= 0.3 is 5.97 Å². The molecule has 0 aliphatic heterocycles. The van der Waals surface area contributed by atoms with Gasteiger partial charge in [-0.25, -0.2) is 18.1 Å². The molecule has 1 aliphatic rings. The monoisotopic (exact) mass is 542 g/mol. The second-order valence-corrected chi connectivity index (χ2v) is 12.2. The number of nitrogens with one attached hydrogen (secondary N) is 2. The van der Waals surface area contributed by atoms with Crippen molar-refractivity contribution in [2.24, 2.45) is 5.41 Å². The third kappa shape index (κ3) is 6.42. The fourth-order valence-corrected chi connectivity index (χ4v) is 6.34. The number of thiazole rings is 1. The third-order valence-corrected chi connectivity index (χ3v) is 8.70. The summed E-state index contributed by atoms with van der Waals surface area (Å²) in [6, 6.07) is 14.2. The molecule has 0 radical (unpaired) electrons. The van der Waals surface area contributed by atoms with Crippen molar-refractivity contribution in [3.63, 3.8) is 0 Å². The highest BCUT2D eigenvalue weighted by Gasteiger charge is 2.45. The number of nitrogens with zero attached hydrogens (tertiary/aromatic N) is 2. The summed E-state index contributed by atoms with van der Waals surface area (Å²) in [5.41, 5.74) is 2.23. The van der Waals surface area contributed by atoms with E-state index in [0.29, 0.717) is 42.2 Å². The molecule has 37 heavy (non-hydrogen) atoms. The predicted molar refractivity (Wildman–Crippen MR) is 142 cm³/mol. The van der Waals surface area contributed by atoms with E-state index in [1.807, 2.05) is 48.6 Å². The quantitative estimate of drug-likeness (QED) is 0.340. The van der Waals surface area contributed by atoms with E-state index in [4.69, 9.17) is 0 Å². The number of carboxylic acids is 1. The molecule has 1 amide bonds. The molecule has 0 fully saturated rings. The molecule has 1 aromatic heterocycles. The van der Waals surface area contributed by atoms with Crippen molar-refractivity contribution in [3.05, 3.63) is 70.0 Å². The minimum atomic E-state index is -3.66. The fourth-order valence-electron chi connectivity index (χ4n) is 4.53. The lowest BCUT2D eigenvalue weighted by Gasteiger charge is -2.25. The van der Waals surface area contributed by atoms with Gasteiger partial charge in [0.2, 0.25) is 15.9 Å². The zero-order valence-electron chi connectivity index (χ0n) is 20.7. The van der Waals surface area contributed by atoms with Gasteiger partial charge in [0.1, 0.15) is 5.01 Å². The van der Waals surface area contributed by atoms with Gasteiger partial charge in [-0.2, -0.15) is 0 Å². The van der Waals surface area contributed by atoms with E-state index in [1.165, 1.54) is 17.4 Å². The number of carbonyl (C=O) groups excluding carboxylic acids is 1. The van der Waals surface area contributed by atoms with E-state index in [-0.39, 0.29) is 23.8 Å². The van der Waals surface area contributed by atoms with E-state index >= 15 is 0 Å². The zero-order valence-corrected chi connectivity index (χ0v) is 22.4. The van der Waals surface area contributed by atoms with Gasteiger partial charge in [-0.3, -0.25) is 9.59 Å². The van der Waals surface area contributed by atoms with Gasteiger partial charge in [0.05, 0.1) is 29.0 Å². The van der Waals surface area contributed by atoms with E-state index in [0.717, 1.165) is 11.1 Å². The number of rotatable bonds is 11. The molecule has 196 valence electrons. The Morgan fingerprint density at radius 1 is 1.11 bits per heavy atom. The van der Waals surface area contributed by atoms with Crippen LogP contribution in [0.15, 0.2) is 58.8 Å². The van der Waals surface area contributed by atoms with Crippen LogP contribution in [0.3, 0.4) is 0 Å². The number of aromatic nitrogens is 1. The number of likely N-dealkylation sites (N-methyl/N-ethyl adjacent to an activating group) is 1. The van der Waals surface area contributed by atoms with Gasteiger partial charge in [-0.05, 0) is 50.2 Å². The molecule has 0 atom stereocenters. The molecular formula is C26H30N4O5S2. The summed E-state index contributed by atoms with van der Waals surface area (Å²) in [6.45, 7) is 1.04. The maximum absolute atomic E-state index is 13.2. The molecule has 3 aromatic rings. The number of carbonyl (C=O) groups is 2. The van der Waals surface area contributed by atoms with Crippen LogP contribution >= 0.6 is 11.3 Å². The Bertz CT molecular complexity index is 1380. The van der Waals surface area contributed by atoms with E-state index in [9.17, 15) is 23.1 Å². The van der Waals surface area contributed by atoms with Crippen molar-refractivity contribution >= 4 is 33.2 Å². The molecule has 0 saturated carbocycles. The molecule has 2 aromatic carbocycles. The Kier molecular flexibility index (Phi) is 8.08. The Morgan fingerprint density at radius 2 is 1.81 bits per heavy atom. The van der Waals surface area contributed by atoms with Crippen molar-refractivity contribution < 1.29 is 23.1 Å². The van der Waals surface area contributed by atoms with Crippen molar-refractivity contribution in [2.45, 2.75) is 30.7 Å². The summed E-state index contributed by atoms with van der Waals surface area (Å²) in [5, 5.41) is 14.8. The standard InChI is InChI=1S/C26H30N4O5S2/c1-30(2)11-10-28-37(34,35)21-9-5-8-18(12-21)22-17-36-23(29-22)16-27-25(33)26(15-24(31)32)13-19-6-3-4-7-20(19)14-26/h3-9,12,17,28H,10-11,13-16H2,1-2H3,(H,27,33)(H,31,32). The number of benzene rings is 2. The molecule has 0 saturated heterocycles. The van der Waals surface area contributed by atoms with Crippen molar-refractivity contribution in [1.82, 2.24) is 19.9 Å². The van der Waals surface area contributed by atoms with Gasteiger partial charge < -0.3 is 15.3 Å². The summed E-state index contributed by atoms with van der Waals surface area (Å²) in [4.78, 5) is 31.5. The molecule has 3 N–H and O–H groups in total. The Hall–Kier alpha value is -3.12. The van der Waals surface area contributed by atoms with Gasteiger partial charge in [0.15, 0.2) is 0 Å². The van der Waals surface area contributed by atoms with Crippen LogP contribution in [-0.2, 0) is 39.0 Å². The van der Waals surface area contributed by atoms with E-state index < -0.39 is 21.4 Å². The van der Waals surface area contributed by atoms with Crippen LogP contribution < -0.4 is 10.0 Å². The summed E-state index contributed by atoms with van der Waals surface area (Å²) in [7, 11) is 0.0857. The minimum absolute atomic E-state index is 0.156. The van der Waals surface area contributed by atoms with Gasteiger partial charge in [-0.1, -0.05) is 36.4 Å². The molecule has 4 rings (SSSR count). The summed E-state index contributed by atoms with van der Waals surface area (Å²) in [5.74, 6) is -1.31. The minimum Gasteiger partial charge on any atom is -0.481 e.